The largest absolute Gasteiger partial charge is 1.00 e. The van der Waals surface area contributed by atoms with E-state index in [1.165, 1.54) is 0 Å². The monoisotopic (exact) mass is 69.1 g/mol. The van der Waals surface area contributed by atoms with Gasteiger partial charge in [-0.2, -0.15) is 0 Å². The van der Waals surface area contributed by atoms with Crippen LogP contribution in [0.3, 0.4) is 0 Å². The van der Waals surface area contributed by atoms with E-state index in [2.05, 4.69) is 0 Å². The molecule has 0 heterocycles. The maximum Gasteiger partial charge on any atom is 1.00 e. The Hall–Kier alpha value is 0.985. The van der Waals surface area contributed by atoms with E-state index in [1.54, 1.807) is 5.34 Å². The molecule has 20 valence electrons. The van der Waals surface area contributed by atoms with Crippen LogP contribution in [0.1, 0.15) is 0 Å². The fraction of sp³-hybridized carbons (Fsp3) is 0. The van der Waals surface area contributed by atoms with Crippen LogP contribution in [0, 0.1) is 0 Å². The van der Waals surface area contributed by atoms with Crippen molar-refractivity contribution in [2.24, 2.45) is 5.84 Å². The molecule has 0 aliphatic heterocycles. The van der Waals surface area contributed by atoms with Crippen LogP contribution in [0.25, 0.3) is 0 Å². The van der Waals surface area contributed by atoms with E-state index in [-0.39, 0.29) is 29.6 Å². The Morgan fingerprint density at radius 2 is 1.75 bits per heavy atom. The molecule has 0 aromatic rings. The summed E-state index contributed by atoms with van der Waals surface area (Å²) in [5, 5.41) is 1.75. The summed E-state index contributed by atoms with van der Waals surface area (Å²) in [5.41, 5.74) is 0. The van der Waals surface area contributed by atoms with Gasteiger partial charge >= 0.3 is 29.6 Å². The molecular weight excluding hydrogens is 61.8 g/mol. The summed E-state index contributed by atoms with van der Waals surface area (Å²) in [6.07, 6.45) is 0. The maximum atomic E-state index is 4.83. The van der Waals surface area contributed by atoms with Crippen LogP contribution in [0.15, 0.2) is 0 Å². The molecule has 0 unspecified atom stereocenters. The molecule has 0 saturated heterocycles. The molecule has 0 aliphatic rings. The first kappa shape index (κ1) is 8.88. The van der Waals surface area contributed by atoms with Crippen LogP contribution >= 0.6 is 0 Å². The third-order valence-electron chi connectivity index (χ3n) is 0. The zero-order valence-electron chi connectivity index (χ0n) is 2.15. The summed E-state index contributed by atoms with van der Waals surface area (Å²) in [7, 11) is 0.417. The second kappa shape index (κ2) is 9.01. The minimum absolute atomic E-state index is 0. The second-order valence-corrected chi connectivity index (χ2v) is 0. The van der Waals surface area contributed by atoms with Crippen molar-refractivity contribution in [3.8, 4) is 0 Å². The molecule has 4 heteroatoms. The summed E-state index contributed by atoms with van der Waals surface area (Å²) in [5.74, 6) is 4.83. The first-order valence-electron chi connectivity index (χ1n) is 0.333. The van der Waals surface area contributed by atoms with Crippen molar-refractivity contribution in [2.75, 3.05) is 0 Å². The van der Waals surface area contributed by atoms with Gasteiger partial charge in [-0.25, -0.2) is 5.84 Å². The van der Waals surface area contributed by atoms with Crippen LogP contribution in [-0.4, -0.2) is 7.98 Å². The molecule has 0 rings (SSSR count). The predicted molar refractivity (Wildman–Crippen MR) is 16.1 cm³/mol. The molecule has 4 N–H and O–H groups in total. The summed E-state index contributed by atoms with van der Waals surface area (Å²) in [6.45, 7) is 0. The Morgan fingerprint density at radius 3 is 1.75 bits per heavy atom. The van der Waals surface area contributed by atoms with Gasteiger partial charge in [0, 0.05) is 0 Å². The van der Waals surface area contributed by atoms with Crippen molar-refractivity contribution < 1.29 is 34.9 Å². The predicted octanol–water partition coefficient (Wildman–Crippen LogP) is -6.29. The van der Waals surface area contributed by atoms with Gasteiger partial charge in [0.05, 0.1) is 0 Å². The van der Waals surface area contributed by atoms with Crippen LogP contribution in [-0.2, 0) is 0 Å². The second-order valence-electron chi connectivity index (χ2n) is 0. The van der Waals surface area contributed by atoms with Crippen LogP contribution < -0.4 is 40.7 Å². The summed E-state index contributed by atoms with van der Waals surface area (Å²) in [6, 6.07) is 0. The van der Waals surface area contributed by atoms with Crippen molar-refractivity contribution in [1.82, 2.24) is 0 Å². The minimum Gasteiger partial charge on any atom is -0.463 e. The Balaban J connectivity index is 0. The van der Waals surface area contributed by atoms with Gasteiger partial charge in [-0.15, -0.1) is 0 Å². The Kier molecular flexibility index (Phi) is 20.0. The first-order chi connectivity index (χ1) is 1.41. The van der Waals surface area contributed by atoms with Crippen molar-refractivity contribution in [2.45, 2.75) is 0 Å². The molecule has 0 bridgehead atoms. The molecular formula is H7BN2Na+. The van der Waals surface area contributed by atoms with Gasteiger partial charge in [0.2, 0.25) is 0 Å². The van der Waals surface area contributed by atoms with E-state index in [4.69, 9.17) is 5.84 Å². The van der Waals surface area contributed by atoms with E-state index in [0.717, 1.165) is 0 Å². The third-order valence-corrected chi connectivity index (χ3v) is 0. The van der Waals surface area contributed by atoms with E-state index >= 15 is 0 Å². The van der Waals surface area contributed by atoms with Gasteiger partial charge in [-0.05, 0) is 0 Å². The standard InChI is InChI=1S/BH7N2.Na/c1-3-2;/h2-3H2,1H3;/q;+1. The van der Waals surface area contributed by atoms with Gasteiger partial charge in [0.25, 0.3) is 0 Å². The molecule has 0 aromatic heterocycles. The van der Waals surface area contributed by atoms with E-state index < -0.39 is 0 Å². The smallest absolute Gasteiger partial charge is 0.463 e. The van der Waals surface area contributed by atoms with Gasteiger partial charge in [-0.3, -0.25) is 0 Å². The maximum absolute atomic E-state index is 4.83. The summed E-state index contributed by atoms with van der Waals surface area (Å²) < 4.78 is 0. The van der Waals surface area contributed by atoms with Crippen LogP contribution in [0.5, 0.6) is 0 Å². The molecule has 0 radical (unpaired) electrons. The fourth-order valence-electron chi connectivity index (χ4n) is 0. The number of nitrogens with two attached hydrogens (primary N) is 2. The quantitative estimate of drug-likeness (QED) is 0.166. The number of quaternary nitrogens is 1. The fourth-order valence-corrected chi connectivity index (χ4v) is 0. The molecule has 0 amide bonds. The SMILES string of the molecule is [BH3-][NH2+]N.[Na+]. The minimum atomic E-state index is 0. The van der Waals surface area contributed by atoms with Gasteiger partial charge in [0.1, 0.15) is 0 Å². The van der Waals surface area contributed by atoms with E-state index in [0.29, 0.717) is 7.98 Å². The average molecular weight is 68.9 g/mol. The molecule has 0 atom stereocenters. The summed E-state index contributed by atoms with van der Waals surface area (Å²) in [4.78, 5) is 0. The summed E-state index contributed by atoms with van der Waals surface area (Å²) >= 11 is 0. The van der Waals surface area contributed by atoms with E-state index in [9.17, 15) is 0 Å². The molecule has 0 spiro atoms. The van der Waals surface area contributed by atoms with Crippen molar-refractivity contribution in [3.05, 3.63) is 0 Å². The number of hydrogen-bond acceptors (Lipinski definition) is 1. The molecule has 0 aliphatic carbocycles. The Bertz CT molecular complexity index is 6.00. The first-order valence-corrected chi connectivity index (χ1v) is 0.333. The number of rotatable bonds is 0. The van der Waals surface area contributed by atoms with Crippen molar-refractivity contribution in [3.63, 3.8) is 0 Å². The molecule has 4 heavy (non-hydrogen) atoms. The zero-order chi connectivity index (χ0) is 2.71. The molecule has 0 saturated carbocycles. The Morgan fingerprint density at radius 1 is 1.75 bits per heavy atom. The topological polar surface area (TPSA) is 42.6 Å². The third kappa shape index (κ3) is 12.1. The molecule has 0 fully saturated rings. The van der Waals surface area contributed by atoms with Crippen LogP contribution in [0.4, 0.5) is 0 Å². The zero-order valence-corrected chi connectivity index (χ0v) is 4.15. The normalized spacial score (nSPS) is 4.50. The average Bonchev–Trinajstić information content (AvgIpc) is 0.918. The Labute approximate surface area is 48.8 Å². The van der Waals surface area contributed by atoms with Gasteiger partial charge in [0.15, 0.2) is 7.98 Å². The van der Waals surface area contributed by atoms with Crippen LogP contribution in [0.2, 0.25) is 0 Å². The van der Waals surface area contributed by atoms with Crippen molar-refractivity contribution >= 4 is 7.98 Å². The molecule has 0 aromatic carbocycles. The van der Waals surface area contributed by atoms with Gasteiger partial charge < -0.3 is 5.34 Å². The van der Waals surface area contributed by atoms with Crippen molar-refractivity contribution in [1.29, 1.82) is 0 Å². The van der Waals surface area contributed by atoms with Gasteiger partial charge in [-0.1, -0.05) is 0 Å². The number of hydrogen-bond donors (Lipinski definition) is 2. The molecule has 2 nitrogen and oxygen atoms in total. The van der Waals surface area contributed by atoms with E-state index in [1.807, 2.05) is 0 Å².